The number of rotatable bonds is 5. The SMILES string of the molecule is CCCN(c1ccc(C(C)=O)c(N)c1)C1CC1. The zero-order chi connectivity index (χ0) is 12.4. The molecule has 0 radical (unpaired) electrons. The molecule has 2 rings (SSSR count). The van der Waals surface area contributed by atoms with Crippen LogP contribution < -0.4 is 10.6 Å². The van der Waals surface area contributed by atoms with Crippen LogP contribution in [0.5, 0.6) is 0 Å². The number of carbonyl (C=O) groups excluding carboxylic acids is 1. The minimum atomic E-state index is 0.0301. The van der Waals surface area contributed by atoms with E-state index in [1.165, 1.54) is 12.8 Å². The summed E-state index contributed by atoms with van der Waals surface area (Å²) in [6, 6.07) is 6.47. The summed E-state index contributed by atoms with van der Waals surface area (Å²) in [5, 5.41) is 0. The fourth-order valence-electron chi connectivity index (χ4n) is 2.20. The lowest BCUT2D eigenvalue weighted by atomic mass is 10.1. The zero-order valence-corrected chi connectivity index (χ0v) is 10.6. The van der Waals surface area contributed by atoms with Crippen LogP contribution in [0.4, 0.5) is 11.4 Å². The second-order valence-corrected chi connectivity index (χ2v) is 4.75. The van der Waals surface area contributed by atoms with Gasteiger partial charge in [-0.15, -0.1) is 0 Å². The third-order valence-corrected chi connectivity index (χ3v) is 3.20. The van der Waals surface area contributed by atoms with E-state index in [2.05, 4.69) is 11.8 Å². The first kappa shape index (κ1) is 12.0. The minimum absolute atomic E-state index is 0.0301. The fraction of sp³-hybridized carbons (Fsp3) is 0.500. The van der Waals surface area contributed by atoms with Crippen LogP contribution in [0.1, 0.15) is 43.5 Å². The normalized spacial score (nSPS) is 14.7. The highest BCUT2D eigenvalue weighted by molar-refractivity contribution is 5.99. The Morgan fingerprint density at radius 2 is 2.18 bits per heavy atom. The monoisotopic (exact) mass is 232 g/mol. The van der Waals surface area contributed by atoms with Gasteiger partial charge in [-0.2, -0.15) is 0 Å². The van der Waals surface area contributed by atoms with Crippen molar-refractivity contribution in [2.45, 2.75) is 39.2 Å². The second-order valence-electron chi connectivity index (χ2n) is 4.75. The van der Waals surface area contributed by atoms with Gasteiger partial charge in [-0.3, -0.25) is 4.79 Å². The Morgan fingerprint density at radius 1 is 1.47 bits per heavy atom. The van der Waals surface area contributed by atoms with Crippen molar-refractivity contribution in [3.63, 3.8) is 0 Å². The maximum Gasteiger partial charge on any atom is 0.161 e. The van der Waals surface area contributed by atoms with E-state index in [1.807, 2.05) is 18.2 Å². The van der Waals surface area contributed by atoms with Gasteiger partial charge >= 0.3 is 0 Å². The van der Waals surface area contributed by atoms with E-state index in [0.29, 0.717) is 17.3 Å². The van der Waals surface area contributed by atoms with Crippen LogP contribution in [0.15, 0.2) is 18.2 Å². The topological polar surface area (TPSA) is 46.3 Å². The van der Waals surface area contributed by atoms with E-state index >= 15 is 0 Å². The number of anilines is 2. The van der Waals surface area contributed by atoms with E-state index in [1.54, 1.807) is 6.92 Å². The lowest BCUT2D eigenvalue weighted by molar-refractivity contribution is 0.101. The molecule has 1 saturated carbocycles. The van der Waals surface area contributed by atoms with Gasteiger partial charge in [-0.25, -0.2) is 0 Å². The maximum absolute atomic E-state index is 11.3. The molecule has 0 bridgehead atoms. The molecule has 0 aliphatic heterocycles. The van der Waals surface area contributed by atoms with Crippen LogP contribution in [0.3, 0.4) is 0 Å². The van der Waals surface area contributed by atoms with Gasteiger partial charge in [0.25, 0.3) is 0 Å². The van der Waals surface area contributed by atoms with Gasteiger partial charge in [0.1, 0.15) is 0 Å². The van der Waals surface area contributed by atoms with Crippen molar-refractivity contribution >= 4 is 17.2 Å². The fourth-order valence-corrected chi connectivity index (χ4v) is 2.20. The Bertz CT molecular complexity index is 424. The number of ketones is 1. The lowest BCUT2D eigenvalue weighted by Gasteiger charge is -2.24. The Balaban J connectivity index is 2.25. The first-order valence-electron chi connectivity index (χ1n) is 6.30. The lowest BCUT2D eigenvalue weighted by Crippen LogP contribution is -2.26. The van der Waals surface area contributed by atoms with Crippen LogP contribution in [-0.4, -0.2) is 18.4 Å². The zero-order valence-electron chi connectivity index (χ0n) is 10.6. The van der Waals surface area contributed by atoms with Crippen molar-refractivity contribution < 1.29 is 4.79 Å². The number of Topliss-reactive ketones (excluding diaryl/α,β-unsaturated/α-hetero) is 1. The van der Waals surface area contributed by atoms with Gasteiger partial charge < -0.3 is 10.6 Å². The first-order valence-corrected chi connectivity index (χ1v) is 6.30. The molecule has 1 aromatic carbocycles. The van der Waals surface area contributed by atoms with Gasteiger partial charge in [0.15, 0.2) is 5.78 Å². The van der Waals surface area contributed by atoms with E-state index in [-0.39, 0.29) is 5.78 Å². The Hall–Kier alpha value is -1.51. The molecule has 0 amide bonds. The molecule has 0 aromatic heterocycles. The number of nitrogen functional groups attached to an aromatic ring is 1. The predicted octanol–water partition coefficient (Wildman–Crippen LogP) is 2.85. The highest BCUT2D eigenvalue weighted by atomic mass is 16.1. The predicted molar refractivity (Wildman–Crippen MR) is 71.5 cm³/mol. The van der Waals surface area contributed by atoms with Crippen LogP contribution in [0.2, 0.25) is 0 Å². The van der Waals surface area contributed by atoms with E-state index in [4.69, 9.17) is 5.73 Å². The number of carbonyl (C=O) groups is 1. The first-order chi connectivity index (χ1) is 8.13. The summed E-state index contributed by atoms with van der Waals surface area (Å²) in [6.45, 7) is 4.79. The molecular weight excluding hydrogens is 212 g/mol. The van der Waals surface area contributed by atoms with Gasteiger partial charge in [-0.1, -0.05) is 6.92 Å². The summed E-state index contributed by atoms with van der Waals surface area (Å²) < 4.78 is 0. The molecule has 17 heavy (non-hydrogen) atoms. The third kappa shape index (κ3) is 2.60. The highest BCUT2D eigenvalue weighted by Gasteiger charge is 2.28. The summed E-state index contributed by atoms with van der Waals surface area (Å²) in [4.78, 5) is 13.7. The molecule has 0 unspecified atom stereocenters. The molecule has 0 atom stereocenters. The van der Waals surface area contributed by atoms with Crippen molar-refractivity contribution in [3.8, 4) is 0 Å². The van der Waals surface area contributed by atoms with E-state index in [9.17, 15) is 4.79 Å². The molecule has 0 saturated heterocycles. The van der Waals surface area contributed by atoms with Crippen LogP contribution in [-0.2, 0) is 0 Å². The number of benzene rings is 1. The maximum atomic E-state index is 11.3. The number of nitrogens with zero attached hydrogens (tertiary/aromatic N) is 1. The van der Waals surface area contributed by atoms with Gasteiger partial charge in [0, 0.05) is 29.5 Å². The third-order valence-electron chi connectivity index (χ3n) is 3.20. The van der Waals surface area contributed by atoms with Gasteiger partial charge in [-0.05, 0) is 44.4 Å². The molecule has 1 aliphatic carbocycles. The van der Waals surface area contributed by atoms with Crippen LogP contribution in [0, 0.1) is 0 Å². The quantitative estimate of drug-likeness (QED) is 0.627. The number of hydrogen-bond acceptors (Lipinski definition) is 3. The van der Waals surface area contributed by atoms with Crippen molar-refractivity contribution in [1.29, 1.82) is 0 Å². The highest BCUT2D eigenvalue weighted by Crippen LogP contribution is 2.33. The van der Waals surface area contributed by atoms with Crippen LogP contribution in [0.25, 0.3) is 0 Å². The number of hydrogen-bond donors (Lipinski definition) is 1. The van der Waals surface area contributed by atoms with Crippen molar-refractivity contribution in [2.75, 3.05) is 17.2 Å². The standard InChI is InChI=1S/C14H20N2O/c1-3-8-16(11-4-5-11)12-6-7-13(10(2)17)14(15)9-12/h6-7,9,11H,3-5,8,15H2,1-2H3. The minimum Gasteiger partial charge on any atom is -0.398 e. The molecule has 3 nitrogen and oxygen atoms in total. The average Bonchev–Trinajstić information content (AvgIpc) is 3.09. The Labute approximate surface area is 103 Å². The summed E-state index contributed by atoms with van der Waals surface area (Å²) in [7, 11) is 0. The summed E-state index contributed by atoms with van der Waals surface area (Å²) in [6.07, 6.45) is 3.67. The van der Waals surface area contributed by atoms with Crippen LogP contribution >= 0.6 is 0 Å². The largest absolute Gasteiger partial charge is 0.398 e. The average molecular weight is 232 g/mol. The molecule has 1 fully saturated rings. The number of nitrogens with two attached hydrogens (primary N) is 1. The molecule has 2 N–H and O–H groups in total. The summed E-state index contributed by atoms with van der Waals surface area (Å²) >= 11 is 0. The summed E-state index contributed by atoms with van der Waals surface area (Å²) in [5.74, 6) is 0.0301. The summed E-state index contributed by atoms with van der Waals surface area (Å²) in [5.41, 5.74) is 8.30. The van der Waals surface area contributed by atoms with Gasteiger partial charge in [0.05, 0.1) is 0 Å². The van der Waals surface area contributed by atoms with Crippen molar-refractivity contribution in [3.05, 3.63) is 23.8 Å². The van der Waals surface area contributed by atoms with E-state index in [0.717, 1.165) is 18.7 Å². The molecule has 1 aliphatic rings. The van der Waals surface area contributed by atoms with Crippen molar-refractivity contribution in [2.24, 2.45) is 0 Å². The Kier molecular flexibility index (Phi) is 3.36. The molecule has 3 heteroatoms. The molecule has 0 heterocycles. The van der Waals surface area contributed by atoms with E-state index < -0.39 is 0 Å². The van der Waals surface area contributed by atoms with Crippen molar-refractivity contribution in [1.82, 2.24) is 0 Å². The second kappa shape index (κ2) is 4.78. The molecular formula is C14H20N2O. The molecule has 0 spiro atoms. The van der Waals surface area contributed by atoms with Gasteiger partial charge in [0.2, 0.25) is 0 Å². The molecule has 1 aromatic rings. The molecule has 92 valence electrons. The smallest absolute Gasteiger partial charge is 0.161 e. The Morgan fingerprint density at radius 3 is 2.65 bits per heavy atom.